The fourth-order valence-electron chi connectivity index (χ4n) is 4.10. The molecule has 4 nitrogen and oxygen atoms in total. The quantitative estimate of drug-likeness (QED) is 0.781. The SMILES string of the molecule is N[C@H](CC1CCCCC1)C(O)C(=O)NC1CCc2ccccc21. The molecular weight excluding hydrogens is 288 g/mol. The molecule has 1 aromatic carbocycles. The number of amides is 1. The second kappa shape index (κ2) is 7.45. The average Bonchev–Trinajstić information content (AvgIpc) is 2.98. The van der Waals surface area contributed by atoms with E-state index >= 15 is 0 Å². The van der Waals surface area contributed by atoms with Gasteiger partial charge in [0.2, 0.25) is 0 Å². The van der Waals surface area contributed by atoms with Crippen molar-refractivity contribution in [3.8, 4) is 0 Å². The molecular formula is C19H28N2O2. The summed E-state index contributed by atoms with van der Waals surface area (Å²) in [5.74, 6) is 0.239. The maximum atomic E-state index is 12.4. The number of aryl methyl sites for hydroxylation is 1. The highest BCUT2D eigenvalue weighted by molar-refractivity contribution is 5.81. The van der Waals surface area contributed by atoms with Gasteiger partial charge in [0.25, 0.3) is 5.91 Å². The van der Waals surface area contributed by atoms with Gasteiger partial charge < -0.3 is 16.2 Å². The number of aliphatic hydroxyl groups excluding tert-OH is 1. The molecule has 2 aliphatic rings. The molecule has 2 unspecified atom stereocenters. The third-order valence-corrected chi connectivity index (χ3v) is 5.45. The van der Waals surface area contributed by atoms with E-state index in [1.54, 1.807) is 0 Å². The number of hydrogen-bond acceptors (Lipinski definition) is 3. The molecule has 0 heterocycles. The van der Waals surface area contributed by atoms with Gasteiger partial charge in [-0.05, 0) is 36.3 Å². The number of nitrogens with one attached hydrogen (secondary N) is 1. The van der Waals surface area contributed by atoms with E-state index in [4.69, 9.17) is 5.73 Å². The van der Waals surface area contributed by atoms with E-state index in [1.807, 2.05) is 12.1 Å². The van der Waals surface area contributed by atoms with Gasteiger partial charge in [-0.15, -0.1) is 0 Å². The fraction of sp³-hybridized carbons (Fsp3) is 0.632. The van der Waals surface area contributed by atoms with E-state index in [9.17, 15) is 9.90 Å². The van der Waals surface area contributed by atoms with Gasteiger partial charge in [0, 0.05) is 6.04 Å². The Morgan fingerprint density at radius 2 is 1.96 bits per heavy atom. The summed E-state index contributed by atoms with van der Waals surface area (Å²) in [4.78, 5) is 12.4. The zero-order chi connectivity index (χ0) is 16.2. The van der Waals surface area contributed by atoms with Crippen LogP contribution in [-0.2, 0) is 11.2 Å². The van der Waals surface area contributed by atoms with Crippen molar-refractivity contribution < 1.29 is 9.90 Å². The molecule has 0 aliphatic heterocycles. The van der Waals surface area contributed by atoms with Crippen molar-refractivity contribution in [3.05, 3.63) is 35.4 Å². The Kier molecular flexibility index (Phi) is 5.34. The molecule has 1 aromatic rings. The van der Waals surface area contributed by atoms with Crippen molar-refractivity contribution in [1.29, 1.82) is 0 Å². The highest BCUT2D eigenvalue weighted by Gasteiger charge is 2.30. The van der Waals surface area contributed by atoms with E-state index in [0.717, 1.165) is 19.3 Å². The minimum absolute atomic E-state index is 0.00947. The normalized spacial score (nSPS) is 24.0. The van der Waals surface area contributed by atoms with Gasteiger partial charge in [0.15, 0.2) is 0 Å². The number of nitrogens with two attached hydrogens (primary N) is 1. The third-order valence-electron chi connectivity index (χ3n) is 5.45. The van der Waals surface area contributed by atoms with Crippen LogP contribution in [0.2, 0.25) is 0 Å². The lowest BCUT2D eigenvalue weighted by Gasteiger charge is -2.27. The molecule has 23 heavy (non-hydrogen) atoms. The maximum absolute atomic E-state index is 12.4. The Balaban J connectivity index is 1.53. The monoisotopic (exact) mass is 316 g/mol. The van der Waals surface area contributed by atoms with Crippen molar-refractivity contribution >= 4 is 5.91 Å². The molecule has 4 N–H and O–H groups in total. The first-order valence-corrected chi connectivity index (χ1v) is 8.97. The van der Waals surface area contributed by atoms with Crippen molar-refractivity contribution in [2.24, 2.45) is 11.7 Å². The molecule has 3 atom stereocenters. The number of aliphatic hydroxyl groups is 1. The lowest BCUT2D eigenvalue weighted by atomic mass is 9.84. The summed E-state index contributed by atoms with van der Waals surface area (Å²) in [5, 5.41) is 13.3. The van der Waals surface area contributed by atoms with Crippen LogP contribution in [0, 0.1) is 5.92 Å². The second-order valence-electron chi connectivity index (χ2n) is 7.15. The van der Waals surface area contributed by atoms with Gasteiger partial charge in [0.1, 0.15) is 6.10 Å². The van der Waals surface area contributed by atoms with Crippen LogP contribution < -0.4 is 11.1 Å². The van der Waals surface area contributed by atoms with Crippen molar-refractivity contribution in [3.63, 3.8) is 0 Å². The van der Waals surface area contributed by atoms with Crippen LogP contribution in [0.1, 0.15) is 62.1 Å². The van der Waals surface area contributed by atoms with Crippen molar-refractivity contribution in [1.82, 2.24) is 5.32 Å². The Labute approximate surface area is 138 Å². The second-order valence-corrected chi connectivity index (χ2v) is 7.15. The van der Waals surface area contributed by atoms with Gasteiger partial charge >= 0.3 is 0 Å². The van der Waals surface area contributed by atoms with Gasteiger partial charge in [-0.25, -0.2) is 0 Å². The summed E-state index contributed by atoms with van der Waals surface area (Å²) >= 11 is 0. The molecule has 126 valence electrons. The van der Waals surface area contributed by atoms with E-state index in [2.05, 4.69) is 17.4 Å². The molecule has 1 fully saturated rings. The summed E-state index contributed by atoms with van der Waals surface area (Å²) < 4.78 is 0. The summed E-state index contributed by atoms with van der Waals surface area (Å²) in [6.45, 7) is 0. The molecule has 4 heteroatoms. The number of hydrogen-bond donors (Lipinski definition) is 3. The van der Waals surface area contributed by atoms with Crippen LogP contribution >= 0.6 is 0 Å². The van der Waals surface area contributed by atoms with E-state index in [0.29, 0.717) is 5.92 Å². The van der Waals surface area contributed by atoms with E-state index in [-0.39, 0.29) is 11.9 Å². The Bertz CT molecular complexity index is 540. The zero-order valence-corrected chi connectivity index (χ0v) is 13.7. The first-order chi connectivity index (χ1) is 11.1. The number of carbonyl (C=O) groups is 1. The first kappa shape index (κ1) is 16.5. The topological polar surface area (TPSA) is 75.3 Å². The smallest absolute Gasteiger partial charge is 0.250 e. The molecule has 1 amide bonds. The first-order valence-electron chi connectivity index (χ1n) is 8.97. The molecule has 0 bridgehead atoms. The predicted molar refractivity (Wildman–Crippen MR) is 90.8 cm³/mol. The van der Waals surface area contributed by atoms with Crippen molar-refractivity contribution in [2.75, 3.05) is 0 Å². The van der Waals surface area contributed by atoms with Gasteiger partial charge in [0.05, 0.1) is 6.04 Å². The zero-order valence-electron chi connectivity index (χ0n) is 13.7. The maximum Gasteiger partial charge on any atom is 0.250 e. The van der Waals surface area contributed by atoms with Crippen molar-refractivity contribution in [2.45, 2.75) is 69.6 Å². The van der Waals surface area contributed by atoms with Crippen LogP contribution in [0.5, 0.6) is 0 Å². The molecule has 0 saturated heterocycles. The molecule has 0 radical (unpaired) electrons. The van der Waals surface area contributed by atoms with Crippen LogP contribution in [0.4, 0.5) is 0 Å². The van der Waals surface area contributed by atoms with Gasteiger partial charge in [-0.2, -0.15) is 0 Å². The van der Waals surface area contributed by atoms with Crippen LogP contribution in [0.15, 0.2) is 24.3 Å². The molecule has 3 rings (SSSR count). The molecule has 0 spiro atoms. The predicted octanol–water partition coefficient (Wildman–Crippen LogP) is 2.45. The molecule has 1 saturated carbocycles. The molecule has 2 aliphatic carbocycles. The minimum atomic E-state index is -1.11. The van der Waals surface area contributed by atoms with Crippen LogP contribution in [0.3, 0.4) is 0 Å². The number of rotatable bonds is 5. The standard InChI is InChI=1S/C19H28N2O2/c20-16(12-13-6-2-1-3-7-13)18(22)19(23)21-17-11-10-14-8-4-5-9-15(14)17/h4-5,8-9,13,16-18,22H,1-3,6-7,10-12,20H2,(H,21,23)/t16-,17?,18?/m1/s1. The van der Waals surface area contributed by atoms with E-state index in [1.165, 1.54) is 43.2 Å². The number of fused-ring (bicyclic) bond motifs is 1. The Hall–Kier alpha value is -1.39. The Morgan fingerprint density at radius 3 is 2.74 bits per heavy atom. The van der Waals surface area contributed by atoms with E-state index < -0.39 is 12.1 Å². The van der Waals surface area contributed by atoms with Crippen LogP contribution in [-0.4, -0.2) is 23.2 Å². The average molecular weight is 316 g/mol. The minimum Gasteiger partial charge on any atom is -0.382 e. The summed E-state index contributed by atoms with van der Waals surface area (Å²) in [6, 6.07) is 7.73. The highest BCUT2D eigenvalue weighted by Crippen LogP contribution is 2.31. The molecule has 0 aromatic heterocycles. The third kappa shape index (κ3) is 3.93. The largest absolute Gasteiger partial charge is 0.382 e. The van der Waals surface area contributed by atoms with Gasteiger partial charge in [-0.3, -0.25) is 4.79 Å². The number of carbonyl (C=O) groups excluding carboxylic acids is 1. The lowest BCUT2D eigenvalue weighted by molar-refractivity contribution is -0.131. The summed E-state index contributed by atoms with van der Waals surface area (Å²) in [6.07, 6.45) is 7.67. The lowest BCUT2D eigenvalue weighted by Crippen LogP contribution is -2.47. The van der Waals surface area contributed by atoms with Crippen LogP contribution in [0.25, 0.3) is 0 Å². The van der Waals surface area contributed by atoms with Gasteiger partial charge in [-0.1, -0.05) is 56.4 Å². The summed E-state index contributed by atoms with van der Waals surface area (Å²) in [7, 11) is 0. The Morgan fingerprint density at radius 1 is 1.22 bits per heavy atom. The summed E-state index contributed by atoms with van der Waals surface area (Å²) in [5.41, 5.74) is 8.57. The number of benzene rings is 1. The highest BCUT2D eigenvalue weighted by atomic mass is 16.3. The fourth-order valence-corrected chi connectivity index (χ4v) is 4.10.